The normalized spacial score (nSPS) is 14.1. The number of thioether (sulfide) groups is 2. The summed E-state index contributed by atoms with van der Waals surface area (Å²) in [6.45, 7) is 4.31. The molecule has 182 valence electrons. The highest BCUT2D eigenvalue weighted by molar-refractivity contribution is 8.13. The van der Waals surface area contributed by atoms with E-state index in [1.54, 1.807) is 17.4 Å². The molecule has 0 atom stereocenters. The molecular formula is C26H26N2O3S4. The highest BCUT2D eigenvalue weighted by Gasteiger charge is 2.26. The summed E-state index contributed by atoms with van der Waals surface area (Å²) in [6, 6.07) is 12.0. The van der Waals surface area contributed by atoms with Gasteiger partial charge < -0.3 is 5.11 Å². The second-order valence-electron chi connectivity index (χ2n) is 7.98. The number of carbonyl (C=O) groups is 2. The van der Waals surface area contributed by atoms with Crippen LogP contribution in [-0.2, 0) is 12.2 Å². The summed E-state index contributed by atoms with van der Waals surface area (Å²) in [7, 11) is 0. The molecule has 0 aliphatic carbocycles. The quantitative estimate of drug-likeness (QED) is 0.261. The van der Waals surface area contributed by atoms with Crippen molar-refractivity contribution in [2.45, 2.75) is 19.1 Å². The van der Waals surface area contributed by atoms with E-state index in [-0.39, 0.29) is 5.24 Å². The lowest BCUT2D eigenvalue weighted by atomic mass is 10.1. The molecule has 0 spiro atoms. The number of aryl methyl sites for hydroxylation is 1. The zero-order chi connectivity index (χ0) is 24.6. The number of carboxylic acids is 1. The van der Waals surface area contributed by atoms with Crippen molar-refractivity contribution in [3.05, 3.63) is 79.2 Å². The van der Waals surface area contributed by atoms with Gasteiger partial charge in [0.15, 0.2) is 0 Å². The van der Waals surface area contributed by atoms with Gasteiger partial charge in [-0.25, -0.2) is 9.80 Å². The first-order valence-corrected chi connectivity index (χ1v) is 15.1. The molecular weight excluding hydrogens is 517 g/mol. The molecule has 1 saturated heterocycles. The Morgan fingerprint density at radius 3 is 2.83 bits per heavy atom. The molecule has 0 saturated carbocycles. The van der Waals surface area contributed by atoms with E-state index in [1.165, 1.54) is 34.2 Å². The van der Waals surface area contributed by atoms with Gasteiger partial charge in [0.1, 0.15) is 4.88 Å². The number of amides is 1. The lowest BCUT2D eigenvalue weighted by molar-refractivity contribution is 0.0349. The third-order valence-corrected chi connectivity index (χ3v) is 9.17. The number of hydrogen-bond donors (Lipinski definition) is 1. The Balaban J connectivity index is 1.28. The lowest BCUT2D eigenvalue weighted by Gasteiger charge is -2.37. The molecule has 1 amide bonds. The molecule has 1 aliphatic rings. The summed E-state index contributed by atoms with van der Waals surface area (Å²) in [6.07, 6.45) is 0.659. The predicted octanol–water partition coefficient (Wildman–Crippen LogP) is 6.08. The van der Waals surface area contributed by atoms with E-state index < -0.39 is 5.97 Å². The summed E-state index contributed by atoms with van der Waals surface area (Å²) in [5.74, 6) is 8.25. The zero-order valence-corrected chi connectivity index (χ0v) is 22.6. The van der Waals surface area contributed by atoms with E-state index in [0.717, 1.165) is 46.4 Å². The van der Waals surface area contributed by atoms with Gasteiger partial charge >= 0.3 is 5.97 Å². The number of nitrogens with zero attached hydrogens (tertiary/aromatic N) is 2. The number of aromatic carboxylic acids is 1. The second kappa shape index (κ2) is 12.7. The van der Waals surface area contributed by atoms with Crippen LogP contribution in [0, 0.1) is 18.8 Å². The molecule has 1 aromatic carbocycles. The van der Waals surface area contributed by atoms with Crippen LogP contribution >= 0.6 is 46.2 Å². The van der Waals surface area contributed by atoms with Gasteiger partial charge in [-0.15, -0.1) is 11.3 Å². The molecule has 5 nitrogen and oxygen atoms in total. The van der Waals surface area contributed by atoms with Crippen molar-refractivity contribution in [2.75, 3.05) is 31.1 Å². The van der Waals surface area contributed by atoms with Crippen LogP contribution in [0.5, 0.6) is 0 Å². The minimum atomic E-state index is -0.903. The highest BCUT2D eigenvalue weighted by Crippen LogP contribution is 2.23. The monoisotopic (exact) mass is 542 g/mol. The minimum absolute atomic E-state index is 0.0728. The van der Waals surface area contributed by atoms with Crippen molar-refractivity contribution in [3.8, 4) is 11.8 Å². The van der Waals surface area contributed by atoms with Gasteiger partial charge in [-0.3, -0.25) is 9.80 Å². The molecule has 1 fully saturated rings. The Labute approximate surface area is 222 Å². The van der Waals surface area contributed by atoms with Crippen LogP contribution in [0.25, 0.3) is 0 Å². The summed E-state index contributed by atoms with van der Waals surface area (Å²) in [5, 5.41) is 17.3. The van der Waals surface area contributed by atoms with Crippen molar-refractivity contribution < 1.29 is 14.7 Å². The van der Waals surface area contributed by atoms with Crippen LogP contribution in [0.15, 0.2) is 47.2 Å². The topological polar surface area (TPSA) is 60.9 Å². The molecule has 1 aliphatic heterocycles. The van der Waals surface area contributed by atoms with Crippen molar-refractivity contribution >= 4 is 57.4 Å². The molecule has 1 N–H and O–H groups in total. The number of hydrogen-bond acceptors (Lipinski definition) is 7. The van der Waals surface area contributed by atoms with Crippen molar-refractivity contribution in [3.63, 3.8) is 0 Å². The second-order valence-corrected chi connectivity index (χ2v) is 12.1. The largest absolute Gasteiger partial charge is 0.477 e. The first-order chi connectivity index (χ1) is 17.0. The molecule has 0 bridgehead atoms. The van der Waals surface area contributed by atoms with Crippen LogP contribution in [0.2, 0.25) is 0 Å². The smallest absolute Gasteiger partial charge is 0.345 e. The Bertz CT molecular complexity index is 1230. The average Bonchev–Trinajstić information content (AvgIpc) is 3.54. The van der Waals surface area contributed by atoms with E-state index in [4.69, 9.17) is 5.11 Å². The van der Waals surface area contributed by atoms with Crippen LogP contribution < -0.4 is 0 Å². The minimum Gasteiger partial charge on any atom is -0.477 e. The number of thiophene rings is 2. The summed E-state index contributed by atoms with van der Waals surface area (Å²) in [4.78, 5) is 25.0. The molecule has 3 aromatic rings. The third kappa shape index (κ3) is 7.38. The van der Waals surface area contributed by atoms with Gasteiger partial charge in [0.05, 0.1) is 0 Å². The van der Waals surface area contributed by atoms with E-state index >= 15 is 0 Å². The first kappa shape index (κ1) is 25.9. The first-order valence-electron chi connectivity index (χ1n) is 11.2. The van der Waals surface area contributed by atoms with Crippen LogP contribution in [0.3, 0.4) is 0 Å². The maximum absolute atomic E-state index is 12.5. The maximum Gasteiger partial charge on any atom is 0.345 e. The fourth-order valence-electron chi connectivity index (χ4n) is 3.59. The number of carbonyl (C=O) groups excluding carboxylic acids is 1. The molecule has 0 radical (unpaired) electrons. The van der Waals surface area contributed by atoms with E-state index in [2.05, 4.69) is 47.4 Å². The fourth-order valence-corrected chi connectivity index (χ4v) is 6.74. The number of carboxylic acid groups (broad SMARTS) is 1. The SMILES string of the molecule is Cc1ccc(CSCCN2CCSC(=O)N2CCc2ccc(C(=O)O)s2)cc1C#Cc1ccsc1. The third-order valence-electron chi connectivity index (χ3n) is 5.50. The van der Waals surface area contributed by atoms with Gasteiger partial charge in [-0.2, -0.15) is 23.1 Å². The lowest BCUT2D eigenvalue weighted by Crippen LogP contribution is -2.51. The predicted molar refractivity (Wildman–Crippen MR) is 149 cm³/mol. The molecule has 9 heteroatoms. The fraction of sp³-hybridized carbons (Fsp3) is 0.308. The van der Waals surface area contributed by atoms with E-state index in [1.807, 2.05) is 34.3 Å². The number of benzene rings is 1. The Kier molecular flexibility index (Phi) is 9.35. The Morgan fingerprint density at radius 1 is 1.17 bits per heavy atom. The Hall–Kier alpha value is -2.22. The van der Waals surface area contributed by atoms with Crippen LogP contribution in [0.4, 0.5) is 4.79 Å². The summed E-state index contributed by atoms with van der Waals surface area (Å²) < 4.78 is 0. The van der Waals surface area contributed by atoms with Gasteiger partial charge in [0.25, 0.3) is 5.24 Å². The molecule has 35 heavy (non-hydrogen) atoms. The van der Waals surface area contributed by atoms with Crippen LogP contribution in [-0.4, -0.2) is 57.5 Å². The number of hydrazine groups is 1. The van der Waals surface area contributed by atoms with Gasteiger partial charge in [0.2, 0.25) is 0 Å². The molecule has 0 unspecified atom stereocenters. The molecule has 2 aromatic heterocycles. The van der Waals surface area contributed by atoms with Crippen molar-refractivity contribution in [2.24, 2.45) is 0 Å². The Morgan fingerprint density at radius 2 is 2.06 bits per heavy atom. The van der Waals surface area contributed by atoms with E-state index in [9.17, 15) is 9.59 Å². The number of rotatable bonds is 9. The standard InChI is InChI=1S/C26H26N2O3S4/c1-19-2-3-21(16-22(19)5-4-20-9-13-32-17-20)18-33-14-11-27-12-15-34-26(31)28(27)10-8-23-6-7-24(35-23)25(29)30/h2-3,6-7,9,13,16-17H,8,10-12,14-15,18H2,1H3,(H,29,30). The average molecular weight is 543 g/mol. The van der Waals surface area contributed by atoms with Gasteiger partial charge in [0, 0.05) is 64.7 Å². The highest BCUT2D eigenvalue weighted by atomic mass is 32.2. The van der Waals surface area contributed by atoms with Crippen molar-refractivity contribution in [1.82, 2.24) is 10.0 Å². The molecule has 4 rings (SSSR count). The summed E-state index contributed by atoms with van der Waals surface area (Å²) in [5.41, 5.74) is 4.56. The van der Waals surface area contributed by atoms with Gasteiger partial charge in [-0.05, 0) is 47.7 Å². The van der Waals surface area contributed by atoms with Crippen molar-refractivity contribution in [1.29, 1.82) is 0 Å². The van der Waals surface area contributed by atoms with E-state index in [0.29, 0.717) is 17.8 Å². The van der Waals surface area contributed by atoms with Gasteiger partial charge in [-0.1, -0.05) is 35.7 Å². The van der Waals surface area contributed by atoms with Crippen LogP contribution in [0.1, 0.15) is 36.8 Å². The zero-order valence-electron chi connectivity index (χ0n) is 19.4. The summed E-state index contributed by atoms with van der Waals surface area (Å²) >= 11 is 6.15. The molecule has 3 heterocycles. The maximum atomic E-state index is 12.5.